The van der Waals surface area contributed by atoms with Gasteiger partial charge in [-0.3, -0.25) is 9.79 Å². The number of nitrogens with zero attached hydrogens (tertiary/aromatic N) is 1. The summed E-state index contributed by atoms with van der Waals surface area (Å²) in [5.74, 6) is 0.245. The molecule has 0 saturated carbocycles. The van der Waals surface area contributed by atoms with Gasteiger partial charge in [0.15, 0.2) is 5.17 Å². The van der Waals surface area contributed by atoms with Gasteiger partial charge in [0, 0.05) is 17.0 Å². The van der Waals surface area contributed by atoms with E-state index in [1.165, 1.54) is 29.2 Å². The highest BCUT2D eigenvalue weighted by Gasteiger charge is 2.32. The molecule has 0 saturated heterocycles. The Kier molecular flexibility index (Phi) is 5.41. The number of anilines is 1. The number of thiophene rings is 1. The first-order valence-electron chi connectivity index (χ1n) is 7.64. The predicted molar refractivity (Wildman–Crippen MR) is 107 cm³/mol. The lowest BCUT2D eigenvalue weighted by molar-refractivity contribution is 0.103. The minimum Gasteiger partial charge on any atom is -0.379 e. The van der Waals surface area contributed by atoms with E-state index in [4.69, 9.17) is 5.73 Å². The SMILES string of the molecule is CSc1ccc(C(=O)Nc2ccc(F)c([C@]3(C)CCSC(N)=N3)c2)s1. The van der Waals surface area contributed by atoms with E-state index in [1.807, 2.05) is 19.2 Å². The number of hydrogen-bond acceptors (Lipinski definition) is 6. The number of carbonyl (C=O) groups is 1. The number of hydrogen-bond donors (Lipinski definition) is 2. The number of amidine groups is 1. The molecule has 0 unspecified atom stereocenters. The second-order valence-corrected chi connectivity index (χ2v) is 9.10. The lowest BCUT2D eigenvalue weighted by atomic mass is 9.89. The average molecular weight is 396 g/mol. The summed E-state index contributed by atoms with van der Waals surface area (Å²) in [5.41, 5.74) is 6.11. The summed E-state index contributed by atoms with van der Waals surface area (Å²) in [6.45, 7) is 1.87. The van der Waals surface area contributed by atoms with Crippen LogP contribution >= 0.6 is 34.9 Å². The van der Waals surface area contributed by atoms with Gasteiger partial charge in [-0.25, -0.2) is 4.39 Å². The molecule has 0 radical (unpaired) electrons. The third-order valence-corrected chi connectivity index (χ3v) is 6.97. The van der Waals surface area contributed by atoms with Gasteiger partial charge in [-0.15, -0.1) is 23.1 Å². The van der Waals surface area contributed by atoms with E-state index >= 15 is 0 Å². The van der Waals surface area contributed by atoms with Crippen molar-refractivity contribution in [1.82, 2.24) is 0 Å². The monoisotopic (exact) mass is 395 g/mol. The zero-order chi connectivity index (χ0) is 18.0. The molecule has 25 heavy (non-hydrogen) atoms. The molecule has 2 heterocycles. The highest BCUT2D eigenvalue weighted by atomic mass is 32.2. The smallest absolute Gasteiger partial charge is 0.265 e. The van der Waals surface area contributed by atoms with Crippen molar-refractivity contribution in [3.05, 3.63) is 46.6 Å². The van der Waals surface area contributed by atoms with Gasteiger partial charge in [-0.05, 0) is 49.9 Å². The van der Waals surface area contributed by atoms with Gasteiger partial charge >= 0.3 is 0 Å². The quantitative estimate of drug-likeness (QED) is 0.747. The number of carbonyl (C=O) groups excluding carboxylic acids is 1. The fraction of sp³-hybridized carbons (Fsp3) is 0.294. The summed E-state index contributed by atoms with van der Waals surface area (Å²) in [6, 6.07) is 8.29. The minimum absolute atomic E-state index is 0.199. The number of thioether (sulfide) groups is 2. The van der Waals surface area contributed by atoms with Crippen LogP contribution in [0.25, 0.3) is 0 Å². The zero-order valence-electron chi connectivity index (χ0n) is 13.8. The Morgan fingerprint density at radius 3 is 2.88 bits per heavy atom. The van der Waals surface area contributed by atoms with Crippen molar-refractivity contribution >= 4 is 51.6 Å². The van der Waals surface area contributed by atoms with Gasteiger partial charge in [0.1, 0.15) is 5.82 Å². The lowest BCUT2D eigenvalue weighted by Gasteiger charge is -2.30. The van der Waals surface area contributed by atoms with E-state index in [-0.39, 0.29) is 11.7 Å². The largest absolute Gasteiger partial charge is 0.379 e. The molecule has 8 heteroatoms. The highest BCUT2D eigenvalue weighted by Crippen LogP contribution is 2.37. The van der Waals surface area contributed by atoms with Crippen LogP contribution < -0.4 is 11.1 Å². The van der Waals surface area contributed by atoms with Crippen LogP contribution in [0.2, 0.25) is 0 Å². The predicted octanol–water partition coefficient (Wildman–Crippen LogP) is 4.53. The van der Waals surface area contributed by atoms with Crippen LogP contribution in [0.15, 0.2) is 39.5 Å². The van der Waals surface area contributed by atoms with Crippen LogP contribution in [0.3, 0.4) is 0 Å². The van der Waals surface area contributed by atoms with E-state index in [1.54, 1.807) is 30.0 Å². The van der Waals surface area contributed by atoms with Gasteiger partial charge in [0.25, 0.3) is 5.91 Å². The van der Waals surface area contributed by atoms with Gasteiger partial charge in [-0.1, -0.05) is 11.8 Å². The summed E-state index contributed by atoms with van der Waals surface area (Å²) < 4.78 is 15.5. The van der Waals surface area contributed by atoms with Gasteiger partial charge in [0.05, 0.1) is 14.6 Å². The van der Waals surface area contributed by atoms with E-state index in [9.17, 15) is 9.18 Å². The zero-order valence-corrected chi connectivity index (χ0v) is 16.3. The molecule has 0 fully saturated rings. The molecule has 0 aliphatic carbocycles. The molecule has 1 aromatic carbocycles. The summed E-state index contributed by atoms with van der Waals surface area (Å²) in [6.07, 6.45) is 2.66. The van der Waals surface area contributed by atoms with Crippen molar-refractivity contribution in [1.29, 1.82) is 0 Å². The molecule has 2 aromatic rings. The molecule has 4 nitrogen and oxygen atoms in total. The van der Waals surface area contributed by atoms with Crippen LogP contribution in [-0.4, -0.2) is 23.1 Å². The third kappa shape index (κ3) is 4.02. The fourth-order valence-electron chi connectivity index (χ4n) is 2.64. The first-order chi connectivity index (χ1) is 11.9. The van der Waals surface area contributed by atoms with Crippen LogP contribution in [0.5, 0.6) is 0 Å². The van der Waals surface area contributed by atoms with E-state index < -0.39 is 5.54 Å². The Labute approximate surface area is 158 Å². The number of aliphatic imine (C=N–C) groups is 1. The molecule has 1 aliphatic heterocycles. The molecule has 3 rings (SSSR count). The molecule has 3 N–H and O–H groups in total. The average Bonchev–Trinajstić information content (AvgIpc) is 3.05. The fourth-order valence-corrected chi connectivity index (χ4v) is 5.06. The van der Waals surface area contributed by atoms with Gasteiger partial charge in [-0.2, -0.15) is 0 Å². The van der Waals surface area contributed by atoms with Crippen LogP contribution in [0.1, 0.15) is 28.6 Å². The molecule has 0 bridgehead atoms. The Morgan fingerprint density at radius 2 is 2.20 bits per heavy atom. The second-order valence-electron chi connectivity index (χ2n) is 5.79. The van der Waals surface area contributed by atoms with Crippen molar-refractivity contribution in [2.75, 3.05) is 17.3 Å². The van der Waals surface area contributed by atoms with Crippen LogP contribution in [0, 0.1) is 5.82 Å². The first-order valence-corrected chi connectivity index (χ1v) is 10.7. The van der Waals surface area contributed by atoms with E-state index in [0.29, 0.717) is 27.7 Å². The van der Waals surface area contributed by atoms with Crippen LogP contribution in [-0.2, 0) is 5.54 Å². The number of amides is 1. The van der Waals surface area contributed by atoms with Crippen molar-refractivity contribution in [3.63, 3.8) is 0 Å². The van der Waals surface area contributed by atoms with Crippen molar-refractivity contribution < 1.29 is 9.18 Å². The Morgan fingerprint density at radius 1 is 1.40 bits per heavy atom. The molecule has 1 aliphatic rings. The van der Waals surface area contributed by atoms with Crippen molar-refractivity contribution in [2.24, 2.45) is 10.7 Å². The topological polar surface area (TPSA) is 67.5 Å². The van der Waals surface area contributed by atoms with Gasteiger partial charge in [0.2, 0.25) is 0 Å². The highest BCUT2D eigenvalue weighted by molar-refractivity contribution is 8.13. The molecule has 1 aromatic heterocycles. The number of halogens is 1. The summed E-state index contributed by atoms with van der Waals surface area (Å²) in [7, 11) is 0. The number of nitrogens with two attached hydrogens (primary N) is 1. The standard InChI is InChI=1S/C17H18FN3OS3/c1-17(7-8-24-16(19)21-17)11-9-10(3-4-12(11)18)20-15(22)13-5-6-14(23-2)25-13/h3-6,9H,7-8H2,1-2H3,(H2,19,21)(H,20,22)/t17-/m0/s1. The van der Waals surface area contributed by atoms with Crippen molar-refractivity contribution in [2.45, 2.75) is 23.1 Å². The maximum atomic E-state index is 14.4. The number of rotatable bonds is 4. The summed E-state index contributed by atoms with van der Waals surface area (Å²) in [4.78, 5) is 17.5. The molecule has 1 amide bonds. The molecular weight excluding hydrogens is 377 g/mol. The van der Waals surface area contributed by atoms with E-state index in [0.717, 1.165) is 9.96 Å². The maximum Gasteiger partial charge on any atom is 0.265 e. The molecule has 0 spiro atoms. The normalized spacial score (nSPS) is 20.2. The summed E-state index contributed by atoms with van der Waals surface area (Å²) >= 11 is 4.50. The first kappa shape index (κ1) is 18.3. The number of nitrogens with one attached hydrogen (secondary N) is 1. The van der Waals surface area contributed by atoms with Gasteiger partial charge < -0.3 is 11.1 Å². The van der Waals surface area contributed by atoms with Crippen molar-refractivity contribution in [3.8, 4) is 0 Å². The molecule has 132 valence electrons. The second kappa shape index (κ2) is 7.39. The minimum atomic E-state index is -0.713. The molecular formula is C17H18FN3OS3. The van der Waals surface area contributed by atoms with E-state index in [2.05, 4.69) is 10.3 Å². The van der Waals surface area contributed by atoms with Crippen LogP contribution in [0.4, 0.5) is 10.1 Å². The molecule has 1 atom stereocenters. The summed E-state index contributed by atoms with van der Waals surface area (Å²) in [5, 5.41) is 3.31. The Hall–Kier alpha value is -1.51. The Balaban J connectivity index is 1.86. The number of benzene rings is 1. The third-order valence-electron chi connectivity index (χ3n) is 4.01. The Bertz CT molecular complexity index is 836. The maximum absolute atomic E-state index is 14.4. The lowest BCUT2D eigenvalue weighted by Crippen LogP contribution is -2.29.